The Balaban J connectivity index is 1.62. The fourth-order valence-electron chi connectivity index (χ4n) is 6.89. The molecule has 2 aliphatic rings. The topological polar surface area (TPSA) is 75.7 Å². The fourth-order valence-corrected chi connectivity index (χ4v) is 6.89. The molecule has 2 rings (SSSR count). The average molecular weight is 698 g/mol. The number of likely N-dealkylation sites (tertiary alicyclic amines) is 1. The smallest absolute Gasteiger partial charge is 0.311 e. The molecule has 49 heavy (non-hydrogen) atoms. The molecule has 0 radical (unpaired) electrons. The van der Waals surface area contributed by atoms with E-state index < -0.39 is 5.41 Å². The lowest BCUT2D eigenvalue weighted by Gasteiger charge is -2.36. The second kappa shape index (κ2) is 29.8. The molecular formula is C41H79NO7. The number of unbranched alkanes of at least 4 members (excludes halogenated alkanes) is 18. The van der Waals surface area contributed by atoms with Gasteiger partial charge in [-0.3, -0.25) is 4.79 Å². The summed E-state index contributed by atoms with van der Waals surface area (Å²) in [5.41, 5.74) is -0.439. The predicted octanol–water partition coefficient (Wildman–Crippen LogP) is 9.31. The molecule has 0 aromatic carbocycles. The Morgan fingerprint density at radius 3 is 1.57 bits per heavy atom. The number of hydrogen-bond acceptors (Lipinski definition) is 8. The first kappa shape index (κ1) is 44.4. The maximum absolute atomic E-state index is 13.1. The molecule has 1 unspecified atom stereocenters. The molecule has 0 saturated carbocycles. The third-order valence-corrected chi connectivity index (χ3v) is 10.6. The van der Waals surface area contributed by atoms with Crippen molar-refractivity contribution in [1.82, 2.24) is 4.90 Å². The van der Waals surface area contributed by atoms with E-state index in [9.17, 15) is 4.79 Å². The zero-order valence-corrected chi connectivity index (χ0v) is 32.7. The van der Waals surface area contributed by atoms with Crippen molar-refractivity contribution in [3.8, 4) is 0 Å². The number of esters is 1. The molecule has 0 bridgehead atoms. The minimum Gasteiger partial charge on any atom is -0.462 e. The van der Waals surface area contributed by atoms with E-state index in [0.29, 0.717) is 33.0 Å². The van der Waals surface area contributed by atoms with Crippen LogP contribution in [0.1, 0.15) is 162 Å². The Kier molecular flexibility index (Phi) is 27.0. The summed E-state index contributed by atoms with van der Waals surface area (Å²) in [7, 11) is 2.10. The van der Waals surface area contributed by atoms with Crippen LogP contribution in [0.5, 0.6) is 0 Å². The molecular weight excluding hydrogens is 618 g/mol. The van der Waals surface area contributed by atoms with Crippen LogP contribution in [0.15, 0.2) is 0 Å². The highest BCUT2D eigenvalue weighted by Gasteiger charge is 2.42. The van der Waals surface area contributed by atoms with E-state index >= 15 is 0 Å². The second-order valence-corrected chi connectivity index (χ2v) is 15.2. The Hall–Kier alpha value is -0.770. The van der Waals surface area contributed by atoms with Gasteiger partial charge in [0.05, 0.1) is 38.4 Å². The van der Waals surface area contributed by atoms with Crippen molar-refractivity contribution in [2.45, 2.75) is 180 Å². The first-order valence-corrected chi connectivity index (χ1v) is 20.9. The molecule has 0 spiro atoms. The number of nitrogens with zero attached hydrogens (tertiary/aromatic N) is 1. The zero-order chi connectivity index (χ0) is 35.3. The average Bonchev–Trinajstić information content (AvgIpc) is 3.49. The fraction of sp³-hybridized carbons (Fsp3) is 0.976. The van der Waals surface area contributed by atoms with Gasteiger partial charge in [0.15, 0.2) is 0 Å². The van der Waals surface area contributed by atoms with Gasteiger partial charge in [-0.05, 0) is 52.7 Å². The molecule has 0 aliphatic carbocycles. The van der Waals surface area contributed by atoms with Gasteiger partial charge in [0.2, 0.25) is 0 Å². The van der Waals surface area contributed by atoms with Crippen molar-refractivity contribution in [3.63, 3.8) is 0 Å². The van der Waals surface area contributed by atoms with Gasteiger partial charge >= 0.3 is 5.97 Å². The van der Waals surface area contributed by atoms with Gasteiger partial charge in [-0.25, -0.2) is 0 Å². The Bertz CT molecular complexity index is 760. The van der Waals surface area contributed by atoms with Gasteiger partial charge in [0, 0.05) is 13.2 Å². The summed E-state index contributed by atoms with van der Waals surface area (Å²) >= 11 is 0. The number of ether oxygens (including phenoxy) is 6. The minimum atomic E-state index is -0.439. The van der Waals surface area contributed by atoms with Gasteiger partial charge in [-0.2, -0.15) is 0 Å². The molecule has 0 aromatic heterocycles. The highest BCUT2D eigenvalue weighted by Crippen LogP contribution is 2.32. The van der Waals surface area contributed by atoms with E-state index in [1.54, 1.807) is 0 Å². The molecule has 2 heterocycles. The van der Waals surface area contributed by atoms with Gasteiger partial charge in [-0.1, -0.05) is 129 Å². The van der Waals surface area contributed by atoms with Gasteiger partial charge in [0.25, 0.3) is 0 Å². The molecule has 2 saturated heterocycles. The van der Waals surface area contributed by atoms with Crippen molar-refractivity contribution in [2.24, 2.45) is 5.41 Å². The summed E-state index contributed by atoms with van der Waals surface area (Å²) < 4.78 is 36.2. The number of carbonyl (C=O) groups excluding carboxylic acids is 1. The van der Waals surface area contributed by atoms with Crippen molar-refractivity contribution in [3.05, 3.63) is 0 Å². The second-order valence-electron chi connectivity index (χ2n) is 15.2. The molecule has 2 aliphatic heterocycles. The van der Waals surface area contributed by atoms with Crippen molar-refractivity contribution >= 4 is 5.97 Å². The van der Waals surface area contributed by atoms with E-state index in [1.165, 1.54) is 116 Å². The van der Waals surface area contributed by atoms with Crippen LogP contribution in [0.4, 0.5) is 0 Å². The molecule has 0 aromatic rings. The van der Waals surface area contributed by atoms with Crippen molar-refractivity contribution in [2.75, 3.05) is 73.0 Å². The largest absolute Gasteiger partial charge is 0.462 e. The van der Waals surface area contributed by atoms with E-state index in [-0.39, 0.29) is 30.9 Å². The number of rotatable bonds is 33. The number of hydrogen-bond donors (Lipinski definition) is 0. The Labute approximate surface area is 302 Å². The van der Waals surface area contributed by atoms with Crippen LogP contribution in [0.2, 0.25) is 0 Å². The van der Waals surface area contributed by atoms with Gasteiger partial charge in [-0.15, -0.1) is 0 Å². The number of carbonyl (C=O) groups is 1. The normalized spacial score (nSPS) is 21.0. The molecule has 8 nitrogen and oxygen atoms in total. The minimum absolute atomic E-state index is 0.132. The third kappa shape index (κ3) is 21.4. The third-order valence-electron chi connectivity index (χ3n) is 10.6. The van der Waals surface area contributed by atoms with Crippen LogP contribution >= 0.6 is 0 Å². The van der Waals surface area contributed by atoms with Crippen LogP contribution in [0.3, 0.4) is 0 Å². The van der Waals surface area contributed by atoms with Gasteiger partial charge in [0.1, 0.15) is 24.9 Å². The zero-order valence-electron chi connectivity index (χ0n) is 32.7. The summed E-state index contributed by atoms with van der Waals surface area (Å²) in [4.78, 5) is 15.3. The first-order chi connectivity index (χ1) is 24.0. The maximum Gasteiger partial charge on any atom is 0.311 e. The summed E-state index contributed by atoms with van der Waals surface area (Å²) in [5.74, 6) is -0.132. The van der Waals surface area contributed by atoms with Gasteiger partial charge < -0.3 is 33.3 Å². The molecule has 8 heteroatoms. The van der Waals surface area contributed by atoms with Crippen LogP contribution in [0, 0.1) is 5.41 Å². The highest BCUT2D eigenvalue weighted by atomic mass is 16.6. The SMILES string of the molecule is CCCCCCCCCCCCOCCO[C@H]1COC(COC(=O)C2(C)CCN(C)CC2)[C@@H]1OCCOCCCCCCCCCCCC. The lowest BCUT2D eigenvalue weighted by Crippen LogP contribution is -2.44. The lowest BCUT2D eigenvalue weighted by atomic mass is 9.80. The van der Waals surface area contributed by atoms with Crippen LogP contribution in [0.25, 0.3) is 0 Å². The maximum atomic E-state index is 13.1. The Morgan fingerprint density at radius 2 is 1.08 bits per heavy atom. The summed E-state index contributed by atoms with van der Waals surface area (Å²) in [5, 5.41) is 0. The van der Waals surface area contributed by atoms with E-state index in [4.69, 9.17) is 28.4 Å². The Morgan fingerprint density at radius 1 is 0.633 bits per heavy atom. The van der Waals surface area contributed by atoms with Crippen molar-refractivity contribution in [1.29, 1.82) is 0 Å². The molecule has 0 amide bonds. The predicted molar refractivity (Wildman–Crippen MR) is 200 cm³/mol. The molecule has 2 fully saturated rings. The van der Waals surface area contributed by atoms with Crippen LogP contribution in [-0.4, -0.2) is 102 Å². The van der Waals surface area contributed by atoms with E-state index in [2.05, 4.69) is 25.8 Å². The van der Waals surface area contributed by atoms with E-state index in [1.807, 2.05) is 6.92 Å². The summed E-state index contributed by atoms with van der Waals surface area (Å²) in [6.07, 6.45) is 27.2. The molecule has 3 atom stereocenters. The standard InChI is InChI=1S/C41H79NO7/c1-5-7-9-11-13-15-17-19-21-23-29-44-31-33-46-37-35-48-38(36-49-40(43)41(3)25-27-42(4)28-26-41)39(37)47-34-32-45-30-24-22-20-18-16-14-12-10-8-6-2/h37-39H,5-36H2,1-4H3/t37-,38?,39+/m0/s1. The van der Waals surface area contributed by atoms with E-state index in [0.717, 1.165) is 52.0 Å². The summed E-state index contributed by atoms with van der Waals surface area (Å²) in [6, 6.07) is 0. The van der Waals surface area contributed by atoms with Crippen molar-refractivity contribution < 1.29 is 33.2 Å². The van der Waals surface area contributed by atoms with Crippen LogP contribution in [-0.2, 0) is 33.2 Å². The lowest BCUT2D eigenvalue weighted by molar-refractivity contribution is -0.163. The quantitative estimate of drug-likeness (QED) is 0.0496. The highest BCUT2D eigenvalue weighted by molar-refractivity contribution is 5.76. The summed E-state index contributed by atoms with van der Waals surface area (Å²) in [6.45, 7) is 12.6. The molecule has 0 N–H and O–H groups in total. The number of piperidine rings is 1. The van der Waals surface area contributed by atoms with Crippen LogP contribution < -0.4 is 0 Å². The molecule has 290 valence electrons. The first-order valence-electron chi connectivity index (χ1n) is 20.9. The monoisotopic (exact) mass is 698 g/mol.